The monoisotopic (exact) mass is 349 g/mol. The van der Waals surface area contributed by atoms with Gasteiger partial charge in [0.05, 0.1) is 0 Å². The Hall–Kier alpha value is -1.10. The maximum absolute atomic E-state index is 12.0. The van der Waals surface area contributed by atoms with E-state index in [0.29, 0.717) is 24.0 Å². The summed E-state index contributed by atoms with van der Waals surface area (Å²) in [6, 6.07) is 9.05. The van der Waals surface area contributed by atoms with Crippen molar-refractivity contribution in [2.75, 3.05) is 26.2 Å². The van der Waals surface area contributed by atoms with E-state index in [1.807, 2.05) is 24.3 Å². The summed E-state index contributed by atoms with van der Waals surface area (Å²) in [6.45, 7) is 7.25. The van der Waals surface area contributed by atoms with Crippen molar-refractivity contribution in [3.8, 4) is 0 Å². The molecule has 132 valence electrons. The number of hydrogen-bond acceptors (Lipinski definition) is 3. The average molecular weight is 350 g/mol. The van der Waals surface area contributed by atoms with Gasteiger partial charge in [0.2, 0.25) is 5.91 Å². The SMILES string of the molecule is CC1CCCCN1C1CN(CCC(=O)NCc2cccc(Cl)c2)C1. The van der Waals surface area contributed by atoms with Gasteiger partial charge in [0.15, 0.2) is 0 Å². The first-order chi connectivity index (χ1) is 11.6. The second kappa shape index (κ2) is 8.32. The molecule has 2 aliphatic heterocycles. The zero-order valence-corrected chi connectivity index (χ0v) is 15.3. The topological polar surface area (TPSA) is 35.6 Å². The number of halogens is 1. The van der Waals surface area contributed by atoms with E-state index >= 15 is 0 Å². The molecule has 1 amide bonds. The van der Waals surface area contributed by atoms with Crippen LogP contribution in [0.2, 0.25) is 5.02 Å². The van der Waals surface area contributed by atoms with Crippen LogP contribution in [-0.4, -0.2) is 54.0 Å². The minimum Gasteiger partial charge on any atom is -0.352 e. The minimum absolute atomic E-state index is 0.116. The molecule has 1 aromatic carbocycles. The summed E-state index contributed by atoms with van der Waals surface area (Å²) in [5.41, 5.74) is 1.04. The number of likely N-dealkylation sites (tertiary alicyclic amines) is 2. The molecule has 4 nitrogen and oxygen atoms in total. The molecule has 24 heavy (non-hydrogen) atoms. The van der Waals surface area contributed by atoms with Crippen molar-refractivity contribution in [2.45, 2.75) is 51.2 Å². The number of benzene rings is 1. The second-order valence-corrected chi connectivity index (χ2v) is 7.59. The lowest BCUT2D eigenvalue weighted by molar-refractivity contribution is -0.122. The van der Waals surface area contributed by atoms with Crippen molar-refractivity contribution in [3.63, 3.8) is 0 Å². The third-order valence-electron chi connectivity index (χ3n) is 5.30. The molecule has 5 heteroatoms. The van der Waals surface area contributed by atoms with Crippen LogP contribution in [-0.2, 0) is 11.3 Å². The van der Waals surface area contributed by atoms with Crippen LogP contribution in [0.1, 0.15) is 38.2 Å². The molecule has 0 radical (unpaired) electrons. The Morgan fingerprint density at radius 1 is 1.33 bits per heavy atom. The molecule has 0 aromatic heterocycles. The molecular weight excluding hydrogens is 322 g/mol. The number of carbonyl (C=O) groups is 1. The first kappa shape index (κ1) is 17.7. The van der Waals surface area contributed by atoms with E-state index in [0.717, 1.165) is 31.2 Å². The Morgan fingerprint density at radius 2 is 2.17 bits per heavy atom. The first-order valence-electron chi connectivity index (χ1n) is 9.11. The molecule has 0 aliphatic carbocycles. The molecule has 2 fully saturated rings. The molecule has 1 N–H and O–H groups in total. The molecule has 2 heterocycles. The minimum atomic E-state index is 0.116. The van der Waals surface area contributed by atoms with Crippen molar-refractivity contribution in [1.29, 1.82) is 0 Å². The Balaban J connectivity index is 1.32. The molecule has 0 bridgehead atoms. The summed E-state index contributed by atoms with van der Waals surface area (Å²) in [6.07, 6.45) is 4.62. The van der Waals surface area contributed by atoms with Gasteiger partial charge in [-0.25, -0.2) is 0 Å². The first-order valence-corrected chi connectivity index (χ1v) is 9.49. The van der Waals surface area contributed by atoms with Gasteiger partial charge in [-0.05, 0) is 44.0 Å². The van der Waals surface area contributed by atoms with Crippen molar-refractivity contribution in [3.05, 3.63) is 34.9 Å². The van der Waals surface area contributed by atoms with Crippen LogP contribution in [0.5, 0.6) is 0 Å². The van der Waals surface area contributed by atoms with Crippen LogP contribution < -0.4 is 5.32 Å². The highest BCUT2D eigenvalue weighted by Crippen LogP contribution is 2.24. The fraction of sp³-hybridized carbons (Fsp3) is 0.632. The highest BCUT2D eigenvalue weighted by molar-refractivity contribution is 6.30. The van der Waals surface area contributed by atoms with E-state index in [1.165, 1.54) is 25.8 Å². The standard InChI is InChI=1S/C19H28ClN3O/c1-15-5-2-3-9-23(15)18-13-22(14-18)10-8-19(24)21-12-16-6-4-7-17(20)11-16/h4,6-7,11,15,18H,2-3,5,8-10,12-14H2,1H3,(H,21,24). The third-order valence-corrected chi connectivity index (χ3v) is 5.53. The summed E-state index contributed by atoms with van der Waals surface area (Å²) < 4.78 is 0. The third kappa shape index (κ3) is 4.71. The maximum atomic E-state index is 12.0. The Kier molecular flexibility index (Phi) is 6.14. The van der Waals surface area contributed by atoms with E-state index in [9.17, 15) is 4.79 Å². The zero-order valence-electron chi connectivity index (χ0n) is 14.5. The van der Waals surface area contributed by atoms with Crippen molar-refractivity contribution in [1.82, 2.24) is 15.1 Å². The summed E-state index contributed by atoms with van der Waals surface area (Å²) in [5.74, 6) is 0.116. The molecule has 0 spiro atoms. The van der Waals surface area contributed by atoms with Gasteiger partial charge in [0.1, 0.15) is 0 Å². The van der Waals surface area contributed by atoms with Gasteiger partial charge in [-0.15, -0.1) is 0 Å². The van der Waals surface area contributed by atoms with Crippen molar-refractivity contribution >= 4 is 17.5 Å². The van der Waals surface area contributed by atoms with Crippen LogP contribution in [0.3, 0.4) is 0 Å². The van der Waals surface area contributed by atoms with Gasteiger partial charge >= 0.3 is 0 Å². The lowest BCUT2D eigenvalue weighted by Crippen LogP contribution is -2.62. The van der Waals surface area contributed by atoms with Crippen LogP contribution >= 0.6 is 11.6 Å². The zero-order chi connectivity index (χ0) is 16.9. The number of amides is 1. The van der Waals surface area contributed by atoms with Crippen LogP contribution in [0, 0.1) is 0 Å². The molecule has 0 saturated carbocycles. The number of rotatable bonds is 6. The molecule has 3 rings (SSSR count). The van der Waals surface area contributed by atoms with Crippen LogP contribution in [0.15, 0.2) is 24.3 Å². The van der Waals surface area contributed by atoms with Gasteiger partial charge in [0, 0.05) is 49.7 Å². The molecule has 2 aliphatic rings. The number of hydrogen-bond donors (Lipinski definition) is 1. The predicted molar refractivity (Wildman–Crippen MR) is 98.2 cm³/mol. The van der Waals surface area contributed by atoms with E-state index in [1.54, 1.807) is 0 Å². The highest BCUT2D eigenvalue weighted by Gasteiger charge is 2.34. The second-order valence-electron chi connectivity index (χ2n) is 7.15. The Labute approximate surface area is 150 Å². The predicted octanol–water partition coefficient (Wildman–Crippen LogP) is 2.90. The van der Waals surface area contributed by atoms with Gasteiger partial charge in [-0.3, -0.25) is 14.6 Å². The van der Waals surface area contributed by atoms with E-state index in [4.69, 9.17) is 11.6 Å². The summed E-state index contributed by atoms with van der Waals surface area (Å²) >= 11 is 5.95. The fourth-order valence-electron chi connectivity index (χ4n) is 3.79. The van der Waals surface area contributed by atoms with Crippen molar-refractivity contribution < 1.29 is 4.79 Å². The molecule has 1 aromatic rings. The van der Waals surface area contributed by atoms with E-state index in [-0.39, 0.29) is 5.91 Å². The molecule has 1 unspecified atom stereocenters. The van der Waals surface area contributed by atoms with Crippen LogP contribution in [0.4, 0.5) is 0 Å². The van der Waals surface area contributed by atoms with Crippen molar-refractivity contribution in [2.24, 2.45) is 0 Å². The quantitative estimate of drug-likeness (QED) is 0.857. The lowest BCUT2D eigenvalue weighted by atomic mass is 9.97. The Morgan fingerprint density at radius 3 is 2.92 bits per heavy atom. The van der Waals surface area contributed by atoms with Crippen LogP contribution in [0.25, 0.3) is 0 Å². The highest BCUT2D eigenvalue weighted by atomic mass is 35.5. The summed E-state index contributed by atoms with van der Waals surface area (Å²) in [7, 11) is 0. The van der Waals surface area contributed by atoms with Gasteiger partial charge < -0.3 is 5.32 Å². The van der Waals surface area contributed by atoms with Gasteiger partial charge in [-0.2, -0.15) is 0 Å². The molecular formula is C19H28ClN3O. The Bertz CT molecular complexity index is 559. The van der Waals surface area contributed by atoms with Gasteiger partial charge in [-0.1, -0.05) is 30.2 Å². The largest absolute Gasteiger partial charge is 0.352 e. The molecule has 1 atom stereocenters. The number of nitrogens with one attached hydrogen (secondary N) is 1. The lowest BCUT2D eigenvalue weighted by Gasteiger charge is -2.49. The normalized spacial score (nSPS) is 23.0. The summed E-state index contributed by atoms with van der Waals surface area (Å²) in [4.78, 5) is 17.1. The van der Waals surface area contributed by atoms with E-state index < -0.39 is 0 Å². The number of piperidine rings is 1. The number of nitrogens with zero attached hydrogens (tertiary/aromatic N) is 2. The molecule has 2 saturated heterocycles. The number of carbonyl (C=O) groups excluding carboxylic acids is 1. The fourth-order valence-corrected chi connectivity index (χ4v) is 4.01. The summed E-state index contributed by atoms with van der Waals surface area (Å²) in [5, 5.41) is 3.69. The van der Waals surface area contributed by atoms with E-state index in [2.05, 4.69) is 22.0 Å². The average Bonchev–Trinajstić information content (AvgIpc) is 2.53. The smallest absolute Gasteiger partial charge is 0.221 e. The maximum Gasteiger partial charge on any atom is 0.221 e. The van der Waals surface area contributed by atoms with Gasteiger partial charge in [0.25, 0.3) is 0 Å².